The van der Waals surface area contributed by atoms with Crippen molar-refractivity contribution >= 4 is 17.7 Å². The van der Waals surface area contributed by atoms with E-state index < -0.39 is 5.97 Å². The highest BCUT2D eigenvalue weighted by Crippen LogP contribution is 2.17. The fraction of sp³-hybridized carbons (Fsp3) is 0.500. The van der Waals surface area contributed by atoms with E-state index in [0.29, 0.717) is 18.4 Å². The fourth-order valence-electron chi connectivity index (χ4n) is 2.05. The van der Waals surface area contributed by atoms with Crippen LogP contribution in [0.5, 0.6) is 5.75 Å². The van der Waals surface area contributed by atoms with Crippen molar-refractivity contribution < 1.29 is 14.6 Å². The molecule has 104 valence electrons. The van der Waals surface area contributed by atoms with Crippen molar-refractivity contribution in [2.24, 2.45) is 0 Å². The Morgan fingerprint density at radius 1 is 1.53 bits per heavy atom. The molecule has 1 aliphatic rings. The van der Waals surface area contributed by atoms with Gasteiger partial charge in [0.05, 0.1) is 5.56 Å². The van der Waals surface area contributed by atoms with E-state index in [2.05, 4.69) is 5.32 Å². The summed E-state index contributed by atoms with van der Waals surface area (Å²) < 4.78 is 5.56. The Balaban J connectivity index is 1.70. The average molecular weight is 281 g/mol. The Morgan fingerprint density at radius 2 is 2.42 bits per heavy atom. The zero-order chi connectivity index (χ0) is 13.5. The summed E-state index contributed by atoms with van der Waals surface area (Å²) in [6.45, 7) is 1.35. The molecule has 1 heterocycles. The maximum atomic E-state index is 10.8. The number of hydrogen-bond donors (Lipinski definition) is 2. The van der Waals surface area contributed by atoms with Gasteiger partial charge in [0, 0.05) is 18.3 Å². The lowest BCUT2D eigenvalue weighted by Crippen LogP contribution is -2.36. The van der Waals surface area contributed by atoms with Gasteiger partial charge < -0.3 is 15.2 Å². The molecule has 1 aromatic carbocycles. The first kappa shape index (κ1) is 14.2. The molecule has 5 heteroatoms. The number of carboxylic acids is 1. The second kappa shape index (κ2) is 7.40. The molecule has 4 nitrogen and oxygen atoms in total. The fourth-order valence-corrected chi connectivity index (χ4v) is 3.16. The van der Waals surface area contributed by atoms with E-state index >= 15 is 0 Å². The van der Waals surface area contributed by atoms with E-state index in [4.69, 9.17) is 9.84 Å². The third-order valence-corrected chi connectivity index (χ3v) is 4.26. The predicted molar refractivity (Wildman–Crippen MR) is 77.2 cm³/mol. The molecule has 0 saturated carbocycles. The first-order chi connectivity index (χ1) is 9.25. The Bertz CT molecular complexity index is 419. The van der Waals surface area contributed by atoms with Crippen molar-refractivity contribution in [1.29, 1.82) is 0 Å². The summed E-state index contributed by atoms with van der Waals surface area (Å²) in [6, 6.07) is 7.19. The number of thioether (sulfide) groups is 1. The largest absolute Gasteiger partial charge is 0.492 e. The number of nitrogens with one attached hydrogen (secondary N) is 1. The Morgan fingerprint density at radius 3 is 3.16 bits per heavy atom. The van der Waals surface area contributed by atoms with Crippen LogP contribution in [0, 0.1) is 0 Å². The first-order valence-corrected chi connectivity index (χ1v) is 7.68. The van der Waals surface area contributed by atoms with Crippen LogP contribution in [0.4, 0.5) is 0 Å². The van der Waals surface area contributed by atoms with E-state index in [1.165, 1.54) is 24.3 Å². The highest BCUT2D eigenvalue weighted by Gasteiger charge is 2.12. The Labute approximate surface area is 117 Å². The number of ether oxygens (including phenoxy) is 1. The van der Waals surface area contributed by atoms with E-state index in [1.54, 1.807) is 24.3 Å². The summed E-state index contributed by atoms with van der Waals surface area (Å²) in [4.78, 5) is 10.8. The number of benzene rings is 1. The van der Waals surface area contributed by atoms with E-state index in [0.717, 1.165) is 6.54 Å². The number of carboxylic acid groups (broad SMARTS) is 1. The van der Waals surface area contributed by atoms with Crippen LogP contribution < -0.4 is 10.1 Å². The minimum Gasteiger partial charge on any atom is -0.492 e. The second-order valence-corrected chi connectivity index (χ2v) is 5.70. The van der Waals surface area contributed by atoms with Gasteiger partial charge in [0.1, 0.15) is 12.4 Å². The molecule has 2 rings (SSSR count). The van der Waals surface area contributed by atoms with Gasteiger partial charge in [0.25, 0.3) is 0 Å². The van der Waals surface area contributed by atoms with Crippen molar-refractivity contribution in [3.63, 3.8) is 0 Å². The van der Waals surface area contributed by atoms with Crippen LogP contribution in [0.1, 0.15) is 23.2 Å². The smallest absolute Gasteiger partial charge is 0.335 e. The second-order valence-electron chi connectivity index (χ2n) is 4.55. The van der Waals surface area contributed by atoms with Crippen molar-refractivity contribution in [3.8, 4) is 5.75 Å². The molecule has 0 bridgehead atoms. The predicted octanol–water partition coefficient (Wildman–Crippen LogP) is 2.25. The van der Waals surface area contributed by atoms with E-state index in [-0.39, 0.29) is 5.56 Å². The van der Waals surface area contributed by atoms with Gasteiger partial charge in [-0.1, -0.05) is 6.07 Å². The molecule has 1 fully saturated rings. The number of aromatic carboxylic acids is 1. The molecule has 1 aromatic rings. The summed E-state index contributed by atoms with van der Waals surface area (Å²) in [6.07, 6.45) is 2.52. The molecule has 0 unspecified atom stereocenters. The van der Waals surface area contributed by atoms with Crippen molar-refractivity contribution in [2.45, 2.75) is 18.9 Å². The molecule has 0 spiro atoms. The minimum absolute atomic E-state index is 0.258. The molecule has 0 aliphatic carbocycles. The summed E-state index contributed by atoms with van der Waals surface area (Å²) in [5.41, 5.74) is 0.258. The number of rotatable bonds is 6. The van der Waals surface area contributed by atoms with Crippen LogP contribution in [0.25, 0.3) is 0 Å². The van der Waals surface area contributed by atoms with Gasteiger partial charge in [-0.15, -0.1) is 0 Å². The Kier molecular flexibility index (Phi) is 5.54. The van der Waals surface area contributed by atoms with Gasteiger partial charge >= 0.3 is 5.97 Å². The third-order valence-electron chi connectivity index (χ3n) is 3.05. The molecular formula is C14H19NO3S. The molecule has 2 N–H and O–H groups in total. The molecule has 0 radical (unpaired) electrons. The van der Waals surface area contributed by atoms with Crippen molar-refractivity contribution in [2.75, 3.05) is 24.7 Å². The highest BCUT2D eigenvalue weighted by atomic mass is 32.2. The number of hydrogen-bond acceptors (Lipinski definition) is 4. The summed E-state index contributed by atoms with van der Waals surface area (Å²) in [7, 11) is 0. The molecule has 0 aromatic heterocycles. The maximum Gasteiger partial charge on any atom is 0.335 e. The highest BCUT2D eigenvalue weighted by molar-refractivity contribution is 7.99. The lowest BCUT2D eigenvalue weighted by molar-refractivity contribution is 0.0696. The number of carbonyl (C=O) groups is 1. The normalized spacial score (nSPS) is 19.1. The topological polar surface area (TPSA) is 58.6 Å². The lowest BCUT2D eigenvalue weighted by atomic mass is 10.2. The van der Waals surface area contributed by atoms with Crippen LogP contribution in [0.15, 0.2) is 24.3 Å². The average Bonchev–Trinajstić information content (AvgIpc) is 2.45. The van der Waals surface area contributed by atoms with Gasteiger partial charge in [-0.3, -0.25) is 0 Å². The quantitative estimate of drug-likeness (QED) is 0.783. The molecule has 19 heavy (non-hydrogen) atoms. The minimum atomic E-state index is -0.928. The zero-order valence-corrected chi connectivity index (χ0v) is 11.6. The molecule has 1 saturated heterocycles. The SMILES string of the molecule is O=C(O)c1cccc(OCCN[C@@H]2CCCSC2)c1. The van der Waals surface area contributed by atoms with Crippen LogP contribution in [-0.2, 0) is 0 Å². The van der Waals surface area contributed by atoms with Crippen LogP contribution in [0.2, 0.25) is 0 Å². The van der Waals surface area contributed by atoms with Gasteiger partial charge in [0.15, 0.2) is 0 Å². The van der Waals surface area contributed by atoms with Crippen LogP contribution in [-0.4, -0.2) is 41.8 Å². The molecule has 1 atom stereocenters. The van der Waals surface area contributed by atoms with Crippen LogP contribution in [0.3, 0.4) is 0 Å². The monoisotopic (exact) mass is 281 g/mol. The summed E-state index contributed by atoms with van der Waals surface area (Å²) in [5.74, 6) is 2.13. The molecular weight excluding hydrogens is 262 g/mol. The van der Waals surface area contributed by atoms with Crippen LogP contribution >= 0.6 is 11.8 Å². The molecule has 1 aliphatic heterocycles. The van der Waals surface area contributed by atoms with Gasteiger partial charge in [-0.05, 0) is 36.8 Å². The van der Waals surface area contributed by atoms with Gasteiger partial charge in [0.2, 0.25) is 0 Å². The standard InChI is InChI=1S/C14H19NO3S/c16-14(17)11-3-1-5-13(9-11)18-7-6-15-12-4-2-8-19-10-12/h1,3,5,9,12,15H,2,4,6-8,10H2,(H,16,17)/t12-/m1/s1. The first-order valence-electron chi connectivity index (χ1n) is 6.53. The zero-order valence-electron chi connectivity index (χ0n) is 10.8. The van der Waals surface area contributed by atoms with E-state index in [9.17, 15) is 4.79 Å². The molecule has 0 amide bonds. The van der Waals surface area contributed by atoms with Crippen molar-refractivity contribution in [1.82, 2.24) is 5.32 Å². The Hall–Kier alpha value is -1.20. The van der Waals surface area contributed by atoms with Gasteiger partial charge in [-0.25, -0.2) is 4.79 Å². The van der Waals surface area contributed by atoms with Gasteiger partial charge in [-0.2, -0.15) is 11.8 Å². The lowest BCUT2D eigenvalue weighted by Gasteiger charge is -2.22. The third kappa shape index (κ3) is 4.76. The maximum absolute atomic E-state index is 10.8. The van der Waals surface area contributed by atoms with Crippen molar-refractivity contribution in [3.05, 3.63) is 29.8 Å². The van der Waals surface area contributed by atoms with E-state index in [1.807, 2.05) is 11.8 Å². The summed E-state index contributed by atoms with van der Waals surface area (Å²) >= 11 is 1.99. The summed E-state index contributed by atoms with van der Waals surface area (Å²) in [5, 5.41) is 12.3.